The number of halogens is 3. The summed E-state index contributed by atoms with van der Waals surface area (Å²) in [7, 11) is 1.55. The molecule has 1 N–H and O–H groups in total. The molecule has 1 amide bonds. The van der Waals surface area contributed by atoms with Crippen molar-refractivity contribution in [1.82, 2.24) is 9.78 Å². The van der Waals surface area contributed by atoms with Crippen molar-refractivity contribution in [2.75, 3.05) is 12.4 Å². The molecule has 3 aromatic rings. The molecule has 0 aliphatic rings. The molecule has 28 heavy (non-hydrogen) atoms. The number of carbonyl (C=O) groups excluding carboxylic acids is 1. The number of aromatic nitrogens is 2. The maximum absolute atomic E-state index is 12.3. The number of alkyl halides is 3. The molecule has 7 nitrogen and oxygen atoms in total. The number of nitrogens with zero attached hydrogens (tertiary/aromatic N) is 2. The molecule has 1 aromatic carbocycles. The minimum atomic E-state index is -4.40. The number of rotatable bonds is 7. The number of amides is 1. The molecular formula is C18H16F3N3O4. The Morgan fingerprint density at radius 2 is 2.04 bits per heavy atom. The van der Waals surface area contributed by atoms with Crippen LogP contribution in [0.5, 0.6) is 11.5 Å². The Bertz CT molecular complexity index is 949. The zero-order valence-electron chi connectivity index (χ0n) is 14.7. The average Bonchev–Trinajstić information content (AvgIpc) is 3.28. The summed E-state index contributed by atoms with van der Waals surface area (Å²) in [6.45, 7) is -1.15. The van der Waals surface area contributed by atoms with E-state index in [4.69, 9.17) is 13.9 Å². The SMILES string of the molecule is COc1cccc(OCc2ccc(C(=O)Nc3cnn(CC(F)(F)F)c3)o2)c1. The van der Waals surface area contributed by atoms with E-state index in [1.165, 1.54) is 6.07 Å². The number of nitrogens with one attached hydrogen (secondary N) is 1. The van der Waals surface area contributed by atoms with Crippen LogP contribution in [0.25, 0.3) is 0 Å². The number of benzene rings is 1. The summed E-state index contributed by atoms with van der Waals surface area (Å²) >= 11 is 0. The van der Waals surface area contributed by atoms with Crippen molar-refractivity contribution >= 4 is 11.6 Å². The van der Waals surface area contributed by atoms with Gasteiger partial charge in [0.05, 0.1) is 19.0 Å². The highest BCUT2D eigenvalue weighted by Gasteiger charge is 2.28. The first-order valence-electron chi connectivity index (χ1n) is 8.08. The van der Waals surface area contributed by atoms with Gasteiger partial charge in [-0.15, -0.1) is 0 Å². The lowest BCUT2D eigenvalue weighted by Crippen LogP contribution is -2.17. The van der Waals surface area contributed by atoms with Crippen LogP contribution in [0.4, 0.5) is 18.9 Å². The Morgan fingerprint density at radius 3 is 2.79 bits per heavy atom. The highest BCUT2D eigenvalue weighted by molar-refractivity contribution is 6.02. The molecule has 0 bridgehead atoms. The van der Waals surface area contributed by atoms with Crippen molar-refractivity contribution in [2.45, 2.75) is 19.3 Å². The van der Waals surface area contributed by atoms with Gasteiger partial charge in [0.25, 0.3) is 5.91 Å². The van der Waals surface area contributed by atoms with Crippen molar-refractivity contribution in [3.8, 4) is 11.5 Å². The van der Waals surface area contributed by atoms with Gasteiger partial charge in [-0.1, -0.05) is 6.07 Å². The van der Waals surface area contributed by atoms with Gasteiger partial charge in [0.15, 0.2) is 5.76 Å². The maximum atomic E-state index is 12.3. The maximum Gasteiger partial charge on any atom is 0.408 e. The molecule has 3 rings (SSSR count). The third-order valence-electron chi connectivity index (χ3n) is 3.54. The Kier molecular flexibility index (Phi) is 5.57. The van der Waals surface area contributed by atoms with E-state index in [-0.39, 0.29) is 18.1 Å². The van der Waals surface area contributed by atoms with E-state index in [0.717, 1.165) is 12.4 Å². The molecule has 0 fully saturated rings. The van der Waals surface area contributed by atoms with E-state index in [0.29, 0.717) is 21.9 Å². The van der Waals surface area contributed by atoms with Crippen LogP contribution in [0.1, 0.15) is 16.3 Å². The molecule has 0 aliphatic carbocycles. The lowest BCUT2D eigenvalue weighted by atomic mass is 10.3. The van der Waals surface area contributed by atoms with Gasteiger partial charge >= 0.3 is 6.18 Å². The van der Waals surface area contributed by atoms with Crippen molar-refractivity contribution in [1.29, 1.82) is 0 Å². The Hall–Kier alpha value is -3.43. The molecule has 0 unspecified atom stereocenters. The molecule has 0 spiro atoms. The molecule has 148 valence electrons. The fourth-order valence-electron chi connectivity index (χ4n) is 2.31. The second kappa shape index (κ2) is 8.07. The molecule has 0 aliphatic heterocycles. The summed E-state index contributed by atoms with van der Waals surface area (Å²) in [5.74, 6) is 0.995. The smallest absolute Gasteiger partial charge is 0.408 e. The van der Waals surface area contributed by atoms with Crippen LogP contribution >= 0.6 is 0 Å². The highest BCUT2D eigenvalue weighted by atomic mass is 19.4. The van der Waals surface area contributed by atoms with Gasteiger partial charge in [-0.3, -0.25) is 9.48 Å². The Balaban J connectivity index is 1.56. The molecular weight excluding hydrogens is 379 g/mol. The van der Waals surface area contributed by atoms with E-state index in [2.05, 4.69) is 10.4 Å². The highest BCUT2D eigenvalue weighted by Crippen LogP contribution is 2.21. The number of carbonyl (C=O) groups is 1. The number of methoxy groups -OCH3 is 1. The number of hydrogen-bond acceptors (Lipinski definition) is 5. The standard InChI is InChI=1S/C18H16F3N3O4/c1-26-13-3-2-4-14(7-13)27-10-15-5-6-16(28-15)17(25)23-12-8-22-24(9-12)11-18(19,20)21/h2-9H,10-11H2,1H3,(H,23,25). The Morgan fingerprint density at radius 1 is 1.25 bits per heavy atom. The van der Waals surface area contributed by atoms with Crippen molar-refractivity contribution < 1.29 is 31.9 Å². The molecule has 0 saturated carbocycles. The summed E-state index contributed by atoms with van der Waals surface area (Å²) in [6.07, 6.45) is -2.19. The third kappa shape index (κ3) is 5.29. The van der Waals surface area contributed by atoms with Crippen LogP contribution in [0.3, 0.4) is 0 Å². The van der Waals surface area contributed by atoms with Crippen molar-refractivity contribution in [3.05, 3.63) is 60.3 Å². The largest absolute Gasteiger partial charge is 0.497 e. The van der Waals surface area contributed by atoms with Crippen LogP contribution in [-0.4, -0.2) is 29.0 Å². The van der Waals surface area contributed by atoms with E-state index in [1.54, 1.807) is 37.4 Å². The fourth-order valence-corrected chi connectivity index (χ4v) is 2.31. The molecule has 2 heterocycles. The summed E-state index contributed by atoms with van der Waals surface area (Å²) in [5.41, 5.74) is 0.125. The first kappa shape index (κ1) is 19.3. The van der Waals surface area contributed by atoms with Crippen LogP contribution in [-0.2, 0) is 13.2 Å². The molecule has 10 heteroatoms. The van der Waals surface area contributed by atoms with Gasteiger partial charge < -0.3 is 19.2 Å². The monoisotopic (exact) mass is 395 g/mol. The predicted molar refractivity (Wildman–Crippen MR) is 92.3 cm³/mol. The lowest BCUT2D eigenvalue weighted by molar-refractivity contribution is -0.142. The third-order valence-corrected chi connectivity index (χ3v) is 3.54. The van der Waals surface area contributed by atoms with E-state index >= 15 is 0 Å². The predicted octanol–water partition coefficient (Wildman–Crippen LogP) is 3.88. The van der Waals surface area contributed by atoms with E-state index < -0.39 is 18.6 Å². The summed E-state index contributed by atoms with van der Waals surface area (Å²) in [5, 5.41) is 5.98. The van der Waals surface area contributed by atoms with E-state index in [1.807, 2.05) is 0 Å². The van der Waals surface area contributed by atoms with Crippen LogP contribution < -0.4 is 14.8 Å². The normalized spacial score (nSPS) is 11.3. The van der Waals surface area contributed by atoms with Crippen molar-refractivity contribution in [3.63, 3.8) is 0 Å². The van der Waals surface area contributed by atoms with Gasteiger partial charge in [0, 0.05) is 12.3 Å². The number of furan rings is 1. The summed E-state index contributed by atoms with van der Waals surface area (Å²) in [4.78, 5) is 12.2. The molecule has 0 saturated heterocycles. The van der Waals surface area contributed by atoms with Crippen molar-refractivity contribution in [2.24, 2.45) is 0 Å². The molecule has 0 atom stereocenters. The number of ether oxygens (including phenoxy) is 2. The summed E-state index contributed by atoms with van der Waals surface area (Å²) < 4.78 is 53.8. The number of hydrogen-bond donors (Lipinski definition) is 1. The topological polar surface area (TPSA) is 78.5 Å². The first-order chi connectivity index (χ1) is 13.3. The van der Waals surface area contributed by atoms with Crippen LogP contribution in [0, 0.1) is 0 Å². The van der Waals surface area contributed by atoms with Gasteiger partial charge in [-0.2, -0.15) is 18.3 Å². The van der Waals surface area contributed by atoms with Gasteiger partial charge in [-0.25, -0.2) is 0 Å². The molecule has 0 radical (unpaired) electrons. The van der Waals surface area contributed by atoms with Crippen LogP contribution in [0.15, 0.2) is 53.2 Å². The zero-order chi connectivity index (χ0) is 20.1. The molecule has 2 aromatic heterocycles. The lowest BCUT2D eigenvalue weighted by Gasteiger charge is -2.06. The minimum absolute atomic E-state index is 0.00665. The average molecular weight is 395 g/mol. The van der Waals surface area contributed by atoms with Gasteiger partial charge in [0.1, 0.15) is 30.4 Å². The van der Waals surface area contributed by atoms with Gasteiger partial charge in [0.2, 0.25) is 0 Å². The first-order valence-corrected chi connectivity index (χ1v) is 8.08. The Labute approximate surface area is 157 Å². The van der Waals surface area contributed by atoms with Crippen LogP contribution in [0.2, 0.25) is 0 Å². The zero-order valence-corrected chi connectivity index (χ0v) is 14.7. The van der Waals surface area contributed by atoms with Gasteiger partial charge in [-0.05, 0) is 24.3 Å². The second-order valence-electron chi connectivity index (χ2n) is 5.73. The second-order valence-corrected chi connectivity index (χ2v) is 5.73. The number of anilines is 1. The van der Waals surface area contributed by atoms with E-state index in [9.17, 15) is 18.0 Å². The minimum Gasteiger partial charge on any atom is -0.497 e. The summed E-state index contributed by atoms with van der Waals surface area (Å²) in [6, 6.07) is 10.0. The fraction of sp³-hybridized carbons (Fsp3) is 0.222. The quantitative estimate of drug-likeness (QED) is 0.657.